The van der Waals surface area contributed by atoms with Crippen LogP contribution in [-0.2, 0) is 15.0 Å². The number of nitrogens with zero attached hydrogens (tertiary/aromatic N) is 1. The van der Waals surface area contributed by atoms with Crippen LogP contribution in [0.25, 0.3) is 0 Å². The summed E-state index contributed by atoms with van der Waals surface area (Å²) in [7, 11) is 0. The van der Waals surface area contributed by atoms with Crippen LogP contribution in [0, 0.1) is 17.8 Å². The number of nitrogens with one attached hydrogen (secondary N) is 1. The maximum absolute atomic E-state index is 12.9. The molecule has 1 aromatic carbocycles. The predicted octanol–water partition coefficient (Wildman–Crippen LogP) is 3.46. The van der Waals surface area contributed by atoms with E-state index >= 15 is 0 Å². The molecular weight excluding hydrogens is 336 g/mol. The highest BCUT2D eigenvalue weighted by atomic mass is 16.2. The van der Waals surface area contributed by atoms with E-state index in [2.05, 4.69) is 55.3 Å². The number of fused-ring (bicyclic) bond motifs is 1. The van der Waals surface area contributed by atoms with Crippen molar-refractivity contribution in [2.75, 3.05) is 19.6 Å². The molecule has 1 aliphatic carbocycles. The predicted molar refractivity (Wildman–Crippen MR) is 106 cm³/mol. The second kappa shape index (κ2) is 6.96. The SMILES string of the molecule is CC(C)(C)c1cccc([C@H]2[C@@H]3CN(C(=O)[C@@H]4CCCCC(=O)NC4)C[C@@H]32)c1. The molecule has 2 saturated heterocycles. The summed E-state index contributed by atoms with van der Waals surface area (Å²) < 4.78 is 0. The monoisotopic (exact) mass is 368 g/mol. The van der Waals surface area contributed by atoms with Crippen LogP contribution in [0.1, 0.15) is 63.5 Å². The summed E-state index contributed by atoms with van der Waals surface area (Å²) in [6.45, 7) is 9.06. The lowest BCUT2D eigenvalue weighted by atomic mass is 9.85. The fraction of sp³-hybridized carbons (Fsp3) is 0.652. The number of rotatable bonds is 2. The Hall–Kier alpha value is -1.84. The fourth-order valence-corrected chi connectivity index (χ4v) is 4.99. The third-order valence-electron chi connectivity index (χ3n) is 6.74. The maximum atomic E-state index is 12.9. The summed E-state index contributed by atoms with van der Waals surface area (Å²) in [5.41, 5.74) is 3.01. The summed E-state index contributed by atoms with van der Waals surface area (Å²) in [4.78, 5) is 26.7. The van der Waals surface area contributed by atoms with E-state index in [0.29, 0.717) is 30.7 Å². The maximum Gasteiger partial charge on any atom is 0.227 e. The fourth-order valence-electron chi connectivity index (χ4n) is 4.99. The van der Waals surface area contributed by atoms with Crippen LogP contribution in [0.15, 0.2) is 24.3 Å². The van der Waals surface area contributed by atoms with Crippen LogP contribution in [-0.4, -0.2) is 36.3 Å². The van der Waals surface area contributed by atoms with Crippen molar-refractivity contribution in [3.8, 4) is 0 Å². The number of carbonyl (C=O) groups is 2. The lowest BCUT2D eigenvalue weighted by molar-refractivity contribution is -0.135. The molecule has 4 atom stereocenters. The first-order chi connectivity index (χ1) is 12.8. The normalized spacial score (nSPS) is 30.9. The molecule has 0 spiro atoms. The van der Waals surface area contributed by atoms with E-state index in [1.165, 1.54) is 11.1 Å². The Morgan fingerprint density at radius 1 is 1.15 bits per heavy atom. The molecule has 4 nitrogen and oxygen atoms in total. The molecule has 1 aromatic rings. The Kier molecular flexibility index (Phi) is 4.77. The quantitative estimate of drug-likeness (QED) is 0.869. The summed E-state index contributed by atoms with van der Waals surface area (Å²) in [5.74, 6) is 2.17. The van der Waals surface area contributed by atoms with E-state index in [-0.39, 0.29) is 23.1 Å². The van der Waals surface area contributed by atoms with Gasteiger partial charge in [0.25, 0.3) is 0 Å². The van der Waals surface area contributed by atoms with Crippen molar-refractivity contribution in [1.29, 1.82) is 0 Å². The van der Waals surface area contributed by atoms with Crippen molar-refractivity contribution in [2.45, 2.75) is 57.8 Å². The molecule has 0 radical (unpaired) electrons. The van der Waals surface area contributed by atoms with E-state index in [4.69, 9.17) is 0 Å². The van der Waals surface area contributed by atoms with Gasteiger partial charge in [0, 0.05) is 26.1 Å². The Bertz CT molecular complexity index is 724. The molecule has 1 N–H and O–H groups in total. The summed E-state index contributed by atoms with van der Waals surface area (Å²) in [6, 6.07) is 9.04. The van der Waals surface area contributed by atoms with Crippen LogP contribution >= 0.6 is 0 Å². The van der Waals surface area contributed by atoms with E-state index in [1.54, 1.807) is 0 Å². The lowest BCUT2D eigenvalue weighted by Gasteiger charge is -2.27. The molecule has 3 fully saturated rings. The largest absolute Gasteiger partial charge is 0.355 e. The number of carbonyl (C=O) groups excluding carboxylic acids is 2. The second-order valence-electron chi connectivity index (χ2n) is 9.72. The third-order valence-corrected chi connectivity index (χ3v) is 6.74. The average Bonchev–Trinajstić information content (AvgIpc) is 3.11. The number of hydrogen-bond donors (Lipinski definition) is 1. The van der Waals surface area contributed by atoms with Crippen LogP contribution in [0.5, 0.6) is 0 Å². The van der Waals surface area contributed by atoms with Crippen LogP contribution < -0.4 is 5.32 Å². The Balaban J connectivity index is 1.37. The van der Waals surface area contributed by atoms with Gasteiger partial charge in [-0.05, 0) is 47.1 Å². The Morgan fingerprint density at radius 2 is 1.89 bits per heavy atom. The molecule has 0 unspecified atom stereocenters. The molecular formula is C23H32N2O2. The molecule has 4 heteroatoms. The van der Waals surface area contributed by atoms with E-state index in [1.807, 2.05) is 0 Å². The highest BCUT2D eigenvalue weighted by Gasteiger charge is 2.57. The first-order valence-electron chi connectivity index (χ1n) is 10.5. The number of piperidine rings is 1. The van der Waals surface area contributed by atoms with Crippen LogP contribution in [0.3, 0.4) is 0 Å². The third kappa shape index (κ3) is 3.76. The van der Waals surface area contributed by atoms with E-state index in [9.17, 15) is 9.59 Å². The number of hydrogen-bond acceptors (Lipinski definition) is 2. The van der Waals surface area contributed by atoms with Crippen LogP contribution in [0.4, 0.5) is 0 Å². The molecule has 0 bridgehead atoms. The molecule has 1 saturated carbocycles. The Labute approximate surface area is 162 Å². The molecule has 2 aliphatic heterocycles. The molecule has 2 heterocycles. The standard InChI is InChI=1S/C23H32N2O2/c1-23(2,3)17-9-6-8-15(11-17)21-18-13-25(14-19(18)21)22(27)16-7-4-5-10-20(26)24-12-16/h6,8-9,11,16,18-19,21H,4-5,7,10,12-14H2,1-3H3,(H,24,26)/t16-,18-,19+,21+/m1/s1. The van der Waals surface area contributed by atoms with Crippen molar-refractivity contribution >= 4 is 11.8 Å². The molecule has 0 aromatic heterocycles. The van der Waals surface area contributed by atoms with Gasteiger partial charge in [-0.1, -0.05) is 51.5 Å². The summed E-state index contributed by atoms with van der Waals surface area (Å²) >= 11 is 0. The minimum atomic E-state index is -0.0329. The van der Waals surface area contributed by atoms with Gasteiger partial charge in [0.15, 0.2) is 0 Å². The molecule has 2 amide bonds. The zero-order valence-electron chi connectivity index (χ0n) is 16.8. The highest BCUT2D eigenvalue weighted by molar-refractivity contribution is 5.81. The van der Waals surface area contributed by atoms with Gasteiger partial charge < -0.3 is 10.2 Å². The van der Waals surface area contributed by atoms with Gasteiger partial charge in [-0.15, -0.1) is 0 Å². The zero-order chi connectivity index (χ0) is 19.2. The average molecular weight is 369 g/mol. The van der Waals surface area contributed by atoms with Gasteiger partial charge in [0.05, 0.1) is 5.92 Å². The zero-order valence-corrected chi connectivity index (χ0v) is 16.8. The van der Waals surface area contributed by atoms with Gasteiger partial charge in [-0.25, -0.2) is 0 Å². The topological polar surface area (TPSA) is 49.4 Å². The van der Waals surface area contributed by atoms with Crippen molar-refractivity contribution in [2.24, 2.45) is 17.8 Å². The van der Waals surface area contributed by atoms with Crippen molar-refractivity contribution in [3.63, 3.8) is 0 Å². The van der Waals surface area contributed by atoms with Crippen LogP contribution in [0.2, 0.25) is 0 Å². The number of amides is 2. The highest BCUT2D eigenvalue weighted by Crippen LogP contribution is 2.58. The van der Waals surface area contributed by atoms with E-state index in [0.717, 1.165) is 32.4 Å². The second-order valence-corrected chi connectivity index (χ2v) is 9.72. The van der Waals surface area contributed by atoms with Crippen molar-refractivity contribution in [1.82, 2.24) is 10.2 Å². The molecule has 27 heavy (non-hydrogen) atoms. The van der Waals surface area contributed by atoms with Crippen molar-refractivity contribution < 1.29 is 9.59 Å². The van der Waals surface area contributed by atoms with Gasteiger partial charge in [0.1, 0.15) is 0 Å². The Morgan fingerprint density at radius 3 is 2.59 bits per heavy atom. The van der Waals surface area contributed by atoms with Gasteiger partial charge >= 0.3 is 0 Å². The lowest BCUT2D eigenvalue weighted by Crippen LogP contribution is -2.42. The molecule has 3 aliphatic rings. The van der Waals surface area contributed by atoms with Gasteiger partial charge in [-0.3, -0.25) is 9.59 Å². The van der Waals surface area contributed by atoms with Crippen molar-refractivity contribution in [3.05, 3.63) is 35.4 Å². The smallest absolute Gasteiger partial charge is 0.227 e. The van der Waals surface area contributed by atoms with Gasteiger partial charge in [0.2, 0.25) is 11.8 Å². The number of likely N-dealkylation sites (tertiary alicyclic amines) is 1. The first kappa shape index (κ1) is 18.5. The van der Waals surface area contributed by atoms with E-state index < -0.39 is 0 Å². The molecule has 146 valence electrons. The first-order valence-corrected chi connectivity index (χ1v) is 10.5. The summed E-state index contributed by atoms with van der Waals surface area (Å²) in [6.07, 6.45) is 3.38. The minimum Gasteiger partial charge on any atom is -0.355 e. The molecule has 4 rings (SSSR count). The summed E-state index contributed by atoms with van der Waals surface area (Å²) in [5, 5.41) is 2.93. The number of benzene rings is 1. The van der Waals surface area contributed by atoms with Gasteiger partial charge in [-0.2, -0.15) is 0 Å². The minimum absolute atomic E-state index is 0.0329.